The van der Waals surface area contributed by atoms with Crippen molar-refractivity contribution < 1.29 is 4.79 Å². The van der Waals surface area contributed by atoms with Crippen LogP contribution >= 0.6 is 0 Å². The molecule has 19 heavy (non-hydrogen) atoms. The van der Waals surface area contributed by atoms with Gasteiger partial charge in [0, 0.05) is 13.0 Å². The van der Waals surface area contributed by atoms with Gasteiger partial charge in [0.15, 0.2) is 0 Å². The third-order valence-corrected chi connectivity index (χ3v) is 3.46. The summed E-state index contributed by atoms with van der Waals surface area (Å²) in [5.74, 6) is 0.503. The molecule has 4 nitrogen and oxygen atoms in total. The van der Waals surface area contributed by atoms with Crippen molar-refractivity contribution in [3.05, 3.63) is 35.9 Å². The second-order valence-electron chi connectivity index (χ2n) is 4.96. The van der Waals surface area contributed by atoms with Gasteiger partial charge in [-0.05, 0) is 31.0 Å². The van der Waals surface area contributed by atoms with E-state index in [4.69, 9.17) is 5.26 Å². The maximum absolute atomic E-state index is 12.2. The molecule has 1 aromatic carbocycles. The standard InChI is InChI=1S/C15H19N3O/c16-7-9-18(12-13-4-2-1-3-5-13)15(19)10-14-6-8-17-11-14/h1-5,14,17H,6,8-12H2. The zero-order chi connectivity index (χ0) is 13.5. The minimum atomic E-state index is 0.0825. The fraction of sp³-hybridized carbons (Fsp3) is 0.467. The van der Waals surface area contributed by atoms with E-state index >= 15 is 0 Å². The fourth-order valence-electron chi connectivity index (χ4n) is 2.39. The lowest BCUT2D eigenvalue weighted by Crippen LogP contribution is -2.32. The largest absolute Gasteiger partial charge is 0.325 e. The number of nitrogens with one attached hydrogen (secondary N) is 1. The summed E-state index contributed by atoms with van der Waals surface area (Å²) in [6.45, 7) is 2.59. The van der Waals surface area contributed by atoms with Gasteiger partial charge in [-0.2, -0.15) is 5.26 Å². The predicted octanol–water partition coefficient (Wildman–Crippen LogP) is 1.54. The van der Waals surface area contributed by atoms with Crippen LogP contribution in [0.4, 0.5) is 0 Å². The van der Waals surface area contributed by atoms with Gasteiger partial charge in [-0.3, -0.25) is 4.79 Å². The van der Waals surface area contributed by atoms with Crippen LogP contribution in [0.15, 0.2) is 30.3 Å². The van der Waals surface area contributed by atoms with Gasteiger partial charge in [0.1, 0.15) is 6.54 Å². The molecule has 0 aromatic heterocycles. The minimum Gasteiger partial charge on any atom is -0.325 e. The molecule has 2 rings (SSSR count). The lowest BCUT2D eigenvalue weighted by molar-refractivity contribution is -0.132. The summed E-state index contributed by atoms with van der Waals surface area (Å²) < 4.78 is 0. The highest BCUT2D eigenvalue weighted by molar-refractivity contribution is 5.76. The van der Waals surface area contributed by atoms with E-state index in [0.29, 0.717) is 18.9 Å². The van der Waals surface area contributed by atoms with E-state index in [1.807, 2.05) is 30.3 Å². The van der Waals surface area contributed by atoms with Crippen LogP contribution in [0.25, 0.3) is 0 Å². The van der Waals surface area contributed by atoms with Crippen molar-refractivity contribution in [2.75, 3.05) is 19.6 Å². The summed E-state index contributed by atoms with van der Waals surface area (Å²) in [6.07, 6.45) is 1.60. The zero-order valence-corrected chi connectivity index (χ0v) is 11.0. The van der Waals surface area contributed by atoms with Crippen LogP contribution in [0.1, 0.15) is 18.4 Å². The highest BCUT2D eigenvalue weighted by Gasteiger charge is 2.21. The summed E-state index contributed by atoms with van der Waals surface area (Å²) in [7, 11) is 0. The number of benzene rings is 1. The van der Waals surface area contributed by atoms with Gasteiger partial charge in [-0.15, -0.1) is 0 Å². The van der Waals surface area contributed by atoms with Crippen LogP contribution in [0.3, 0.4) is 0 Å². The monoisotopic (exact) mass is 257 g/mol. The van der Waals surface area contributed by atoms with Gasteiger partial charge < -0.3 is 10.2 Å². The molecule has 4 heteroatoms. The molecule has 0 spiro atoms. The molecular formula is C15H19N3O. The molecule has 1 fully saturated rings. The van der Waals surface area contributed by atoms with Crippen molar-refractivity contribution in [2.24, 2.45) is 5.92 Å². The Bertz CT molecular complexity index is 446. The lowest BCUT2D eigenvalue weighted by atomic mass is 10.0. The Balaban J connectivity index is 1.94. The SMILES string of the molecule is N#CCN(Cc1ccccc1)C(=O)CC1CCNC1. The summed E-state index contributed by atoms with van der Waals surface area (Å²) in [6, 6.07) is 11.9. The Morgan fingerprint density at radius 3 is 2.84 bits per heavy atom. The first kappa shape index (κ1) is 13.6. The van der Waals surface area contributed by atoms with Gasteiger partial charge in [0.05, 0.1) is 6.07 Å². The third-order valence-electron chi connectivity index (χ3n) is 3.46. The summed E-state index contributed by atoms with van der Waals surface area (Å²) >= 11 is 0. The van der Waals surface area contributed by atoms with Crippen LogP contribution in [0.2, 0.25) is 0 Å². The molecule has 0 radical (unpaired) electrons. The number of amides is 1. The molecule has 100 valence electrons. The quantitative estimate of drug-likeness (QED) is 0.814. The summed E-state index contributed by atoms with van der Waals surface area (Å²) in [4.78, 5) is 13.9. The number of nitrogens with zero attached hydrogens (tertiary/aromatic N) is 2. The molecular weight excluding hydrogens is 238 g/mol. The van der Waals surface area contributed by atoms with E-state index in [0.717, 1.165) is 25.1 Å². The Hall–Kier alpha value is -1.86. The Labute approximate surface area is 114 Å². The highest BCUT2D eigenvalue weighted by Crippen LogP contribution is 2.15. The number of carbonyl (C=O) groups is 1. The Kier molecular flexibility index (Phi) is 4.93. The minimum absolute atomic E-state index is 0.0825. The Morgan fingerprint density at radius 2 is 2.21 bits per heavy atom. The van der Waals surface area contributed by atoms with E-state index in [1.54, 1.807) is 4.90 Å². The lowest BCUT2D eigenvalue weighted by Gasteiger charge is -2.21. The topological polar surface area (TPSA) is 56.1 Å². The Morgan fingerprint density at radius 1 is 1.42 bits per heavy atom. The third kappa shape index (κ3) is 4.08. The van der Waals surface area contributed by atoms with Gasteiger partial charge in [0.25, 0.3) is 0 Å². The summed E-state index contributed by atoms with van der Waals surface area (Å²) in [5, 5.41) is 12.1. The molecule has 1 saturated heterocycles. The van der Waals surface area contributed by atoms with Gasteiger partial charge in [-0.25, -0.2) is 0 Å². The molecule has 0 aliphatic carbocycles. The zero-order valence-electron chi connectivity index (χ0n) is 11.0. The first-order valence-electron chi connectivity index (χ1n) is 6.69. The highest BCUT2D eigenvalue weighted by atomic mass is 16.2. The number of hydrogen-bond donors (Lipinski definition) is 1. The van der Waals surface area contributed by atoms with Crippen LogP contribution in [0.5, 0.6) is 0 Å². The number of nitriles is 1. The first-order chi connectivity index (χ1) is 9.29. The van der Waals surface area contributed by atoms with Crippen LogP contribution in [0, 0.1) is 17.2 Å². The number of carbonyl (C=O) groups excluding carboxylic acids is 1. The molecule has 1 amide bonds. The van der Waals surface area contributed by atoms with Crippen molar-refractivity contribution in [3.63, 3.8) is 0 Å². The molecule has 1 aromatic rings. The van der Waals surface area contributed by atoms with Crippen molar-refractivity contribution in [1.29, 1.82) is 5.26 Å². The van der Waals surface area contributed by atoms with Crippen molar-refractivity contribution in [1.82, 2.24) is 10.2 Å². The number of rotatable bonds is 5. The van der Waals surface area contributed by atoms with E-state index < -0.39 is 0 Å². The normalized spacial score (nSPS) is 17.9. The first-order valence-corrected chi connectivity index (χ1v) is 6.69. The van der Waals surface area contributed by atoms with Gasteiger partial charge in [-0.1, -0.05) is 30.3 Å². The van der Waals surface area contributed by atoms with Crippen molar-refractivity contribution in [2.45, 2.75) is 19.4 Å². The smallest absolute Gasteiger partial charge is 0.224 e. The van der Waals surface area contributed by atoms with E-state index in [2.05, 4.69) is 11.4 Å². The molecule has 1 unspecified atom stereocenters. The van der Waals surface area contributed by atoms with Gasteiger partial charge >= 0.3 is 0 Å². The van der Waals surface area contributed by atoms with Gasteiger partial charge in [0.2, 0.25) is 5.91 Å². The second-order valence-corrected chi connectivity index (χ2v) is 4.96. The molecule has 1 atom stereocenters. The van der Waals surface area contributed by atoms with Crippen LogP contribution in [-0.2, 0) is 11.3 Å². The van der Waals surface area contributed by atoms with Crippen LogP contribution < -0.4 is 5.32 Å². The average molecular weight is 257 g/mol. The average Bonchev–Trinajstić information content (AvgIpc) is 2.92. The second kappa shape index (κ2) is 6.91. The fourth-order valence-corrected chi connectivity index (χ4v) is 2.39. The van der Waals surface area contributed by atoms with Crippen molar-refractivity contribution >= 4 is 5.91 Å². The van der Waals surface area contributed by atoms with Crippen molar-refractivity contribution in [3.8, 4) is 6.07 Å². The molecule has 0 saturated carbocycles. The number of hydrogen-bond acceptors (Lipinski definition) is 3. The predicted molar refractivity (Wildman–Crippen MR) is 73.1 cm³/mol. The van der Waals surface area contributed by atoms with E-state index in [1.165, 1.54) is 0 Å². The van der Waals surface area contributed by atoms with E-state index in [9.17, 15) is 4.79 Å². The molecule has 1 aliphatic rings. The summed E-state index contributed by atoms with van der Waals surface area (Å²) in [5.41, 5.74) is 1.07. The molecule has 1 aliphatic heterocycles. The molecule has 0 bridgehead atoms. The molecule has 1 heterocycles. The van der Waals surface area contributed by atoms with E-state index in [-0.39, 0.29) is 12.5 Å². The maximum Gasteiger partial charge on any atom is 0.224 e. The van der Waals surface area contributed by atoms with Crippen LogP contribution in [-0.4, -0.2) is 30.4 Å². The molecule has 1 N–H and O–H groups in total. The maximum atomic E-state index is 12.2.